The Morgan fingerprint density at radius 1 is 0.939 bits per heavy atom. The summed E-state index contributed by atoms with van der Waals surface area (Å²) in [6, 6.07) is 11.9. The zero-order valence-corrected chi connectivity index (χ0v) is 29.3. The third-order valence-electron chi connectivity index (χ3n) is 8.10. The molecule has 2 heterocycles. The van der Waals surface area contributed by atoms with E-state index >= 15 is 0 Å². The van der Waals surface area contributed by atoms with Gasteiger partial charge in [-0.05, 0) is 50.5 Å². The molecule has 13 nitrogen and oxygen atoms in total. The number of aromatic nitrogens is 1. The van der Waals surface area contributed by atoms with Gasteiger partial charge in [0.25, 0.3) is 11.8 Å². The number of cyclic esters (lactones) is 1. The fourth-order valence-corrected chi connectivity index (χ4v) is 5.88. The molecule has 5 N–H and O–H groups in total. The van der Waals surface area contributed by atoms with Crippen LogP contribution >= 0.6 is 11.3 Å². The molecule has 1 aliphatic rings. The molecular weight excluding hydrogens is 646 g/mol. The van der Waals surface area contributed by atoms with Gasteiger partial charge in [0.2, 0.25) is 11.8 Å². The number of ether oxygens (including phenoxy) is 1. The molecule has 262 valence electrons. The lowest BCUT2D eigenvalue weighted by molar-refractivity contribution is -0.130. The van der Waals surface area contributed by atoms with Crippen LogP contribution in [0, 0.1) is 5.92 Å². The van der Waals surface area contributed by atoms with E-state index in [1.165, 1.54) is 22.3 Å². The molecule has 1 aromatic heterocycles. The molecule has 0 aliphatic carbocycles. The lowest BCUT2D eigenvalue weighted by atomic mass is 10.0. The number of hydrogen-bond donors (Lipinski definition) is 5. The molecule has 2 aromatic carbocycles. The lowest BCUT2D eigenvalue weighted by Gasteiger charge is -2.25. The second-order valence-electron chi connectivity index (χ2n) is 12.2. The van der Waals surface area contributed by atoms with Crippen LogP contribution in [0.4, 0.5) is 10.5 Å². The third-order valence-corrected chi connectivity index (χ3v) is 8.73. The number of nitrogens with one attached hydrogen (secondary N) is 5. The van der Waals surface area contributed by atoms with Crippen molar-refractivity contribution in [2.24, 2.45) is 5.92 Å². The van der Waals surface area contributed by atoms with Crippen LogP contribution in [0.3, 0.4) is 0 Å². The number of carbonyl (C=O) groups excluding carboxylic acids is 5. The summed E-state index contributed by atoms with van der Waals surface area (Å²) in [6.45, 7) is 10.2. The summed E-state index contributed by atoms with van der Waals surface area (Å²) in [4.78, 5) is 71.1. The molecule has 1 saturated heterocycles. The van der Waals surface area contributed by atoms with Crippen LogP contribution in [0.15, 0.2) is 59.4 Å². The standard InChI is InChI=1S/C35H45N7O6S/c1-6-36-34(46)30(21(2)3)41-31(43)23(5)37-18-27(17-28-19-49-20-38-28)40-33(45)26-14-25(15-29(16-26)42-12-13-48-35(42)47)32(44)39-22(4)24-10-8-7-9-11-24/h7-11,14-16,19-23,27,30,37H,6,12-13,17-18H2,1-5H3,(H,36,46)(H,39,44)(H,40,45)(H,41,43)/t22-,23+,27+,30+/m1/s1. The van der Waals surface area contributed by atoms with E-state index in [1.807, 2.05) is 63.4 Å². The quantitative estimate of drug-likeness (QED) is 0.153. The number of benzene rings is 2. The molecule has 0 saturated carbocycles. The second kappa shape index (κ2) is 17.5. The molecule has 5 amide bonds. The Bertz CT molecular complexity index is 1600. The topological polar surface area (TPSA) is 171 Å². The first-order valence-corrected chi connectivity index (χ1v) is 17.4. The summed E-state index contributed by atoms with van der Waals surface area (Å²) in [5, 5.41) is 16.6. The van der Waals surface area contributed by atoms with Crippen molar-refractivity contribution in [1.82, 2.24) is 31.6 Å². The highest BCUT2D eigenvalue weighted by atomic mass is 32.1. The Morgan fingerprint density at radius 3 is 2.22 bits per heavy atom. The normalized spacial score (nSPS) is 15.1. The zero-order chi connectivity index (χ0) is 35.5. The molecule has 1 fully saturated rings. The number of anilines is 1. The first kappa shape index (κ1) is 37.0. The molecule has 49 heavy (non-hydrogen) atoms. The molecule has 14 heteroatoms. The van der Waals surface area contributed by atoms with Gasteiger partial charge < -0.3 is 31.3 Å². The number of carbonyl (C=O) groups is 5. The SMILES string of the molecule is CCNC(=O)[C@@H](NC(=O)[C@H](C)NC[C@H](Cc1cscn1)NC(=O)c1cc(C(=O)N[C@H](C)c2ccccc2)cc(N2CCOC2=O)c1)C(C)C. The summed E-state index contributed by atoms with van der Waals surface area (Å²) < 4.78 is 5.12. The molecule has 0 bridgehead atoms. The largest absolute Gasteiger partial charge is 0.447 e. The summed E-state index contributed by atoms with van der Waals surface area (Å²) in [6.07, 6.45) is -0.198. The van der Waals surface area contributed by atoms with E-state index in [1.54, 1.807) is 24.6 Å². The van der Waals surface area contributed by atoms with Crippen LogP contribution in [-0.2, 0) is 20.7 Å². The highest BCUT2D eigenvalue weighted by Gasteiger charge is 2.28. The van der Waals surface area contributed by atoms with Crippen LogP contribution in [-0.4, -0.2) is 79.1 Å². The van der Waals surface area contributed by atoms with Gasteiger partial charge in [-0.25, -0.2) is 9.78 Å². The number of nitrogens with zero attached hydrogens (tertiary/aromatic N) is 2. The van der Waals surface area contributed by atoms with Crippen molar-refractivity contribution >= 4 is 46.7 Å². The van der Waals surface area contributed by atoms with Gasteiger partial charge in [0, 0.05) is 47.7 Å². The predicted molar refractivity (Wildman–Crippen MR) is 187 cm³/mol. The maximum atomic E-state index is 13.8. The Kier molecular flexibility index (Phi) is 13.2. The maximum absolute atomic E-state index is 13.8. The average Bonchev–Trinajstić information content (AvgIpc) is 3.77. The number of rotatable bonds is 16. The summed E-state index contributed by atoms with van der Waals surface area (Å²) >= 11 is 1.43. The molecule has 0 unspecified atom stereocenters. The highest BCUT2D eigenvalue weighted by molar-refractivity contribution is 7.07. The van der Waals surface area contributed by atoms with E-state index in [0.29, 0.717) is 18.7 Å². The van der Waals surface area contributed by atoms with Crippen molar-refractivity contribution < 1.29 is 28.7 Å². The minimum absolute atomic E-state index is 0.119. The Labute approximate surface area is 290 Å². The van der Waals surface area contributed by atoms with Crippen molar-refractivity contribution in [3.8, 4) is 0 Å². The molecule has 3 aromatic rings. The summed E-state index contributed by atoms with van der Waals surface area (Å²) in [7, 11) is 0. The maximum Gasteiger partial charge on any atom is 0.414 e. The lowest BCUT2D eigenvalue weighted by Crippen LogP contribution is -2.55. The van der Waals surface area contributed by atoms with Crippen LogP contribution < -0.4 is 31.5 Å². The number of amides is 5. The first-order valence-electron chi connectivity index (χ1n) is 16.4. The minimum atomic E-state index is -0.690. The van der Waals surface area contributed by atoms with E-state index < -0.39 is 36.0 Å². The van der Waals surface area contributed by atoms with Crippen LogP contribution in [0.1, 0.15) is 72.6 Å². The van der Waals surface area contributed by atoms with E-state index in [-0.39, 0.29) is 54.6 Å². The van der Waals surface area contributed by atoms with Crippen molar-refractivity contribution in [3.05, 3.63) is 81.8 Å². The van der Waals surface area contributed by atoms with Gasteiger partial charge in [-0.15, -0.1) is 11.3 Å². The Balaban J connectivity index is 1.52. The van der Waals surface area contributed by atoms with Gasteiger partial charge in [0.15, 0.2) is 0 Å². The molecule has 4 rings (SSSR count). The minimum Gasteiger partial charge on any atom is -0.447 e. The summed E-state index contributed by atoms with van der Waals surface area (Å²) in [5.41, 5.74) is 4.11. The monoisotopic (exact) mass is 691 g/mol. The van der Waals surface area contributed by atoms with Crippen molar-refractivity contribution in [2.45, 2.75) is 65.2 Å². The van der Waals surface area contributed by atoms with E-state index in [4.69, 9.17) is 4.74 Å². The zero-order valence-electron chi connectivity index (χ0n) is 28.4. The van der Waals surface area contributed by atoms with Gasteiger partial charge in [-0.3, -0.25) is 24.1 Å². The molecule has 0 spiro atoms. The third kappa shape index (κ3) is 10.3. The van der Waals surface area contributed by atoms with Gasteiger partial charge in [0.05, 0.1) is 29.8 Å². The van der Waals surface area contributed by atoms with E-state index in [2.05, 4.69) is 31.6 Å². The number of likely N-dealkylation sites (N-methyl/N-ethyl adjacent to an activating group) is 1. The fraction of sp³-hybridized carbons (Fsp3) is 0.429. The molecule has 4 atom stereocenters. The van der Waals surface area contributed by atoms with Crippen LogP contribution in [0.5, 0.6) is 0 Å². The number of thiazole rings is 1. The number of hydrogen-bond acceptors (Lipinski definition) is 9. The fourth-order valence-electron chi connectivity index (χ4n) is 5.31. The predicted octanol–water partition coefficient (Wildman–Crippen LogP) is 3.19. The smallest absolute Gasteiger partial charge is 0.414 e. The van der Waals surface area contributed by atoms with Gasteiger partial charge in [0.1, 0.15) is 12.6 Å². The molecule has 1 aliphatic heterocycles. The van der Waals surface area contributed by atoms with Crippen molar-refractivity contribution in [2.75, 3.05) is 31.1 Å². The van der Waals surface area contributed by atoms with Crippen molar-refractivity contribution in [3.63, 3.8) is 0 Å². The molecule has 0 radical (unpaired) electrons. The average molecular weight is 692 g/mol. The summed E-state index contributed by atoms with van der Waals surface area (Å²) in [5.74, 6) is -1.61. The molecular formula is C35H45N7O6S. The van der Waals surface area contributed by atoms with E-state index in [9.17, 15) is 24.0 Å². The van der Waals surface area contributed by atoms with Gasteiger partial charge in [-0.1, -0.05) is 44.2 Å². The van der Waals surface area contributed by atoms with Crippen LogP contribution in [0.2, 0.25) is 0 Å². The van der Waals surface area contributed by atoms with Crippen molar-refractivity contribution in [1.29, 1.82) is 0 Å². The van der Waals surface area contributed by atoms with E-state index in [0.717, 1.165) is 11.3 Å². The first-order chi connectivity index (χ1) is 23.5. The Morgan fingerprint density at radius 2 is 1.63 bits per heavy atom. The highest BCUT2D eigenvalue weighted by Crippen LogP contribution is 2.24. The van der Waals surface area contributed by atoms with Crippen LogP contribution in [0.25, 0.3) is 0 Å². The van der Waals surface area contributed by atoms with Gasteiger partial charge >= 0.3 is 6.09 Å². The van der Waals surface area contributed by atoms with Gasteiger partial charge in [-0.2, -0.15) is 0 Å². The second-order valence-corrected chi connectivity index (χ2v) is 13.0. The Hall–Kier alpha value is -4.82.